The third-order valence-electron chi connectivity index (χ3n) is 3.48. The Kier molecular flexibility index (Phi) is 7.94. The number of amides is 2. The zero-order valence-electron chi connectivity index (χ0n) is 14.3. The van der Waals surface area contributed by atoms with Gasteiger partial charge in [-0.2, -0.15) is 0 Å². The molecule has 142 valence electrons. The van der Waals surface area contributed by atoms with Gasteiger partial charge in [-0.05, 0) is 39.7 Å². The predicted molar refractivity (Wildman–Crippen MR) is 100 cm³/mol. The molecule has 0 atom stereocenters. The van der Waals surface area contributed by atoms with Gasteiger partial charge in [-0.25, -0.2) is 4.39 Å². The standard InChI is InChI=1S/C19H18BrFN2O4/c20-16-7-6-14(21)10-15(16)19(26)22-9-8-17(24)23-11-18(25)27-12-13-4-2-1-3-5-13/h1-7,10H,8-9,11-12H2,(H,22,26)(H,23,24). The zero-order chi connectivity index (χ0) is 19.6. The van der Waals surface area contributed by atoms with Crippen LogP contribution in [0.15, 0.2) is 53.0 Å². The molecule has 2 aromatic carbocycles. The molecule has 0 aliphatic carbocycles. The van der Waals surface area contributed by atoms with Gasteiger partial charge in [0.25, 0.3) is 5.91 Å². The summed E-state index contributed by atoms with van der Waals surface area (Å²) in [5.41, 5.74) is 0.989. The molecule has 0 bridgehead atoms. The lowest BCUT2D eigenvalue weighted by molar-refractivity contribution is -0.145. The fourth-order valence-electron chi connectivity index (χ4n) is 2.10. The number of hydrogen-bond donors (Lipinski definition) is 2. The van der Waals surface area contributed by atoms with Crippen LogP contribution in [0.5, 0.6) is 0 Å². The van der Waals surface area contributed by atoms with Crippen molar-refractivity contribution in [3.8, 4) is 0 Å². The summed E-state index contributed by atoms with van der Waals surface area (Å²) in [5.74, 6) is -2.00. The van der Waals surface area contributed by atoms with Gasteiger partial charge < -0.3 is 15.4 Å². The summed E-state index contributed by atoms with van der Waals surface area (Å²) < 4.78 is 18.7. The van der Waals surface area contributed by atoms with Crippen molar-refractivity contribution in [2.45, 2.75) is 13.0 Å². The zero-order valence-corrected chi connectivity index (χ0v) is 15.9. The highest BCUT2D eigenvalue weighted by atomic mass is 79.9. The molecule has 0 heterocycles. The third-order valence-corrected chi connectivity index (χ3v) is 4.17. The van der Waals surface area contributed by atoms with Crippen molar-refractivity contribution in [3.63, 3.8) is 0 Å². The monoisotopic (exact) mass is 436 g/mol. The van der Waals surface area contributed by atoms with Gasteiger partial charge in [0, 0.05) is 17.4 Å². The normalized spacial score (nSPS) is 10.1. The van der Waals surface area contributed by atoms with E-state index in [9.17, 15) is 18.8 Å². The van der Waals surface area contributed by atoms with Crippen LogP contribution >= 0.6 is 15.9 Å². The van der Waals surface area contributed by atoms with E-state index in [1.807, 2.05) is 30.3 Å². The quantitative estimate of drug-likeness (QED) is 0.622. The molecule has 0 aromatic heterocycles. The Morgan fingerprint density at radius 2 is 1.78 bits per heavy atom. The molecular weight excluding hydrogens is 419 g/mol. The minimum atomic E-state index is -0.556. The van der Waals surface area contributed by atoms with E-state index in [4.69, 9.17) is 4.74 Å². The summed E-state index contributed by atoms with van der Waals surface area (Å²) in [5, 5.41) is 4.94. The first-order chi connectivity index (χ1) is 13.0. The van der Waals surface area contributed by atoms with Crippen molar-refractivity contribution < 1.29 is 23.5 Å². The number of halogens is 2. The number of rotatable bonds is 8. The highest BCUT2D eigenvalue weighted by molar-refractivity contribution is 9.10. The Morgan fingerprint density at radius 3 is 2.52 bits per heavy atom. The Morgan fingerprint density at radius 1 is 1.04 bits per heavy atom. The molecule has 0 spiro atoms. The van der Waals surface area contributed by atoms with E-state index in [0.29, 0.717) is 4.47 Å². The molecule has 2 amide bonds. The lowest BCUT2D eigenvalue weighted by atomic mass is 10.2. The predicted octanol–water partition coefficient (Wildman–Crippen LogP) is 2.57. The van der Waals surface area contributed by atoms with Crippen LogP contribution in [0.1, 0.15) is 22.3 Å². The molecule has 6 nitrogen and oxygen atoms in total. The molecule has 8 heteroatoms. The van der Waals surface area contributed by atoms with Crippen molar-refractivity contribution >= 4 is 33.7 Å². The number of hydrogen-bond acceptors (Lipinski definition) is 4. The van der Waals surface area contributed by atoms with Gasteiger partial charge in [-0.15, -0.1) is 0 Å². The van der Waals surface area contributed by atoms with Crippen LogP contribution in [0.3, 0.4) is 0 Å². The second-order valence-corrected chi connectivity index (χ2v) is 6.41. The van der Waals surface area contributed by atoms with Gasteiger partial charge in [0.1, 0.15) is 19.0 Å². The first kappa shape index (κ1) is 20.6. The Labute approximate surface area is 164 Å². The summed E-state index contributed by atoms with van der Waals surface area (Å²) in [7, 11) is 0. The SMILES string of the molecule is O=C(CCNC(=O)c1cc(F)ccc1Br)NCC(=O)OCc1ccccc1. The average Bonchev–Trinajstić information content (AvgIpc) is 2.67. The maximum Gasteiger partial charge on any atom is 0.325 e. The minimum Gasteiger partial charge on any atom is -0.460 e. The summed E-state index contributed by atoms with van der Waals surface area (Å²) in [4.78, 5) is 35.3. The summed E-state index contributed by atoms with van der Waals surface area (Å²) in [6.07, 6.45) is -0.0232. The average molecular weight is 437 g/mol. The van der Waals surface area contributed by atoms with Crippen LogP contribution < -0.4 is 10.6 Å². The van der Waals surface area contributed by atoms with E-state index < -0.39 is 23.6 Å². The van der Waals surface area contributed by atoms with Crippen LogP contribution in [0.2, 0.25) is 0 Å². The van der Waals surface area contributed by atoms with Gasteiger partial charge in [0.05, 0.1) is 5.56 Å². The lowest BCUT2D eigenvalue weighted by Gasteiger charge is -2.08. The number of carbonyl (C=O) groups is 3. The molecule has 0 fully saturated rings. The number of nitrogens with one attached hydrogen (secondary N) is 2. The highest BCUT2D eigenvalue weighted by Crippen LogP contribution is 2.17. The van der Waals surface area contributed by atoms with Crippen molar-refractivity contribution in [3.05, 3.63) is 69.9 Å². The molecule has 0 aliphatic heterocycles. The molecule has 2 rings (SSSR count). The molecule has 0 saturated heterocycles. The molecule has 27 heavy (non-hydrogen) atoms. The second-order valence-electron chi connectivity index (χ2n) is 5.55. The molecule has 2 N–H and O–H groups in total. The third kappa shape index (κ3) is 7.18. The summed E-state index contributed by atoms with van der Waals surface area (Å²) in [6, 6.07) is 12.9. The number of esters is 1. The van der Waals surface area contributed by atoms with Gasteiger partial charge in [-0.3, -0.25) is 14.4 Å². The van der Waals surface area contributed by atoms with E-state index in [-0.39, 0.29) is 31.7 Å². The molecule has 0 unspecified atom stereocenters. The van der Waals surface area contributed by atoms with Gasteiger partial charge in [0.2, 0.25) is 5.91 Å². The number of ether oxygens (including phenoxy) is 1. The van der Waals surface area contributed by atoms with Gasteiger partial charge >= 0.3 is 5.97 Å². The number of carbonyl (C=O) groups excluding carboxylic acids is 3. The van der Waals surface area contributed by atoms with Gasteiger partial charge in [-0.1, -0.05) is 30.3 Å². The van der Waals surface area contributed by atoms with E-state index in [1.54, 1.807) is 0 Å². The minimum absolute atomic E-state index is 0.0232. The largest absolute Gasteiger partial charge is 0.460 e. The summed E-state index contributed by atoms with van der Waals surface area (Å²) in [6.45, 7) is -0.0736. The van der Waals surface area contributed by atoms with Crippen molar-refractivity contribution in [2.75, 3.05) is 13.1 Å². The molecule has 0 aliphatic rings. The first-order valence-electron chi connectivity index (χ1n) is 8.15. The van der Waals surface area contributed by atoms with Crippen LogP contribution in [0, 0.1) is 5.82 Å². The molecule has 0 saturated carbocycles. The van der Waals surface area contributed by atoms with E-state index in [1.165, 1.54) is 12.1 Å². The van der Waals surface area contributed by atoms with Crippen molar-refractivity contribution in [1.82, 2.24) is 10.6 Å². The first-order valence-corrected chi connectivity index (χ1v) is 8.94. The Balaban J connectivity index is 1.65. The van der Waals surface area contributed by atoms with Crippen molar-refractivity contribution in [1.29, 1.82) is 0 Å². The van der Waals surface area contributed by atoms with E-state index >= 15 is 0 Å². The Hall–Kier alpha value is -2.74. The highest BCUT2D eigenvalue weighted by Gasteiger charge is 2.12. The van der Waals surface area contributed by atoms with Crippen LogP contribution in [0.4, 0.5) is 4.39 Å². The smallest absolute Gasteiger partial charge is 0.325 e. The Bertz CT molecular complexity index is 815. The van der Waals surface area contributed by atoms with Crippen LogP contribution in [-0.4, -0.2) is 30.9 Å². The van der Waals surface area contributed by atoms with Crippen molar-refractivity contribution in [2.24, 2.45) is 0 Å². The maximum atomic E-state index is 13.2. The van der Waals surface area contributed by atoms with E-state index in [0.717, 1.165) is 11.6 Å². The van der Waals surface area contributed by atoms with Crippen LogP contribution in [-0.2, 0) is 20.9 Å². The molecule has 0 radical (unpaired) electrons. The summed E-state index contributed by atoms with van der Waals surface area (Å²) >= 11 is 3.17. The lowest BCUT2D eigenvalue weighted by Crippen LogP contribution is -2.34. The maximum absolute atomic E-state index is 13.2. The molecular formula is C19H18BrFN2O4. The molecule has 2 aromatic rings. The number of benzene rings is 2. The fourth-order valence-corrected chi connectivity index (χ4v) is 2.53. The van der Waals surface area contributed by atoms with Crippen LogP contribution in [0.25, 0.3) is 0 Å². The van der Waals surface area contributed by atoms with E-state index in [2.05, 4.69) is 26.6 Å². The fraction of sp³-hybridized carbons (Fsp3) is 0.211. The topological polar surface area (TPSA) is 84.5 Å². The second kappa shape index (κ2) is 10.4. The van der Waals surface area contributed by atoms with Gasteiger partial charge in [0.15, 0.2) is 0 Å².